The van der Waals surface area contributed by atoms with Crippen molar-refractivity contribution in [3.8, 4) is 0 Å². The highest BCUT2D eigenvalue weighted by molar-refractivity contribution is 5.99. The lowest BCUT2D eigenvalue weighted by Gasteiger charge is -2.18. The second-order valence-corrected chi connectivity index (χ2v) is 7.33. The summed E-state index contributed by atoms with van der Waals surface area (Å²) in [7, 11) is 0. The number of aromatic amines is 1. The van der Waals surface area contributed by atoms with Crippen LogP contribution in [0, 0.1) is 13.8 Å². The smallest absolute Gasteiger partial charge is 0.355 e. The predicted octanol–water partition coefficient (Wildman–Crippen LogP) is 3.49. The number of hydrogen-bond acceptors (Lipinski definition) is 5. The van der Waals surface area contributed by atoms with Gasteiger partial charge in [-0.05, 0) is 58.6 Å². The average Bonchev–Trinajstić information content (AvgIpc) is 3.01. The van der Waals surface area contributed by atoms with Gasteiger partial charge < -0.3 is 19.8 Å². The van der Waals surface area contributed by atoms with Crippen LogP contribution >= 0.6 is 0 Å². The van der Waals surface area contributed by atoms with Gasteiger partial charge >= 0.3 is 11.9 Å². The minimum Gasteiger partial charge on any atom is -0.462 e. The summed E-state index contributed by atoms with van der Waals surface area (Å²) in [5, 5.41) is 2.87. The van der Waals surface area contributed by atoms with Gasteiger partial charge in [-0.2, -0.15) is 0 Å². The molecule has 0 fully saturated rings. The highest BCUT2D eigenvalue weighted by atomic mass is 16.5. The van der Waals surface area contributed by atoms with E-state index in [0.29, 0.717) is 16.8 Å². The van der Waals surface area contributed by atoms with Crippen LogP contribution in [0.5, 0.6) is 0 Å². The first-order chi connectivity index (χ1) is 14.2. The van der Waals surface area contributed by atoms with E-state index in [-0.39, 0.29) is 24.2 Å². The molecule has 0 saturated heterocycles. The maximum absolute atomic E-state index is 12.5. The van der Waals surface area contributed by atoms with E-state index in [0.717, 1.165) is 12.8 Å². The fourth-order valence-corrected chi connectivity index (χ4v) is 3.20. The number of amides is 1. The first-order valence-electron chi connectivity index (χ1n) is 10.2. The number of nitrogens with one attached hydrogen (secondary N) is 2. The summed E-state index contributed by atoms with van der Waals surface area (Å²) in [5.74, 6) is -1.55. The van der Waals surface area contributed by atoms with Crippen LogP contribution in [-0.4, -0.2) is 41.6 Å². The van der Waals surface area contributed by atoms with Crippen LogP contribution in [0.2, 0.25) is 0 Å². The summed E-state index contributed by atoms with van der Waals surface area (Å²) in [6.07, 6.45) is 0.646. The van der Waals surface area contributed by atoms with Crippen molar-refractivity contribution in [3.63, 3.8) is 0 Å². The number of aryl methyl sites for hydroxylation is 2. The van der Waals surface area contributed by atoms with Crippen molar-refractivity contribution in [2.75, 3.05) is 6.61 Å². The Hall–Kier alpha value is -3.09. The molecular weight excluding hydrogens is 384 g/mol. The Balaban J connectivity index is 1.92. The minimum atomic E-state index is -0.967. The first kappa shape index (κ1) is 23.2. The van der Waals surface area contributed by atoms with Gasteiger partial charge in [0.15, 0.2) is 6.10 Å². The third-order valence-electron chi connectivity index (χ3n) is 4.87. The van der Waals surface area contributed by atoms with Crippen LogP contribution in [0.15, 0.2) is 30.3 Å². The first-order valence-corrected chi connectivity index (χ1v) is 10.2. The molecule has 0 radical (unpaired) electrons. The molecule has 1 amide bonds. The van der Waals surface area contributed by atoms with E-state index in [1.165, 1.54) is 12.5 Å². The molecule has 0 aliphatic carbocycles. The van der Waals surface area contributed by atoms with Gasteiger partial charge in [0.2, 0.25) is 0 Å². The van der Waals surface area contributed by atoms with Gasteiger partial charge in [0.05, 0.1) is 12.2 Å². The van der Waals surface area contributed by atoms with Crippen molar-refractivity contribution in [1.82, 2.24) is 10.3 Å². The molecule has 162 valence electrons. The highest BCUT2D eigenvalue weighted by Gasteiger charge is 2.26. The lowest BCUT2D eigenvalue weighted by molar-refractivity contribution is -0.129. The van der Waals surface area contributed by atoms with Crippen molar-refractivity contribution < 1.29 is 23.9 Å². The third-order valence-corrected chi connectivity index (χ3v) is 4.87. The second-order valence-electron chi connectivity index (χ2n) is 7.33. The SMILES string of the molecule is CCOC(=O)c1c(C)[nH]c(C(=O)O[C@H](C)C(=O)N[C@H](C)CCc2ccccc2)c1C. The van der Waals surface area contributed by atoms with Gasteiger partial charge in [0.25, 0.3) is 5.91 Å². The molecule has 2 aromatic rings. The zero-order chi connectivity index (χ0) is 22.3. The summed E-state index contributed by atoms with van der Waals surface area (Å²) >= 11 is 0. The fourth-order valence-electron chi connectivity index (χ4n) is 3.20. The molecule has 2 rings (SSSR count). The molecule has 2 atom stereocenters. The van der Waals surface area contributed by atoms with Gasteiger partial charge in [-0.1, -0.05) is 30.3 Å². The van der Waals surface area contributed by atoms with Gasteiger partial charge in [-0.3, -0.25) is 4.79 Å². The molecule has 7 nitrogen and oxygen atoms in total. The zero-order valence-electron chi connectivity index (χ0n) is 18.2. The van der Waals surface area contributed by atoms with Crippen molar-refractivity contribution in [1.29, 1.82) is 0 Å². The third kappa shape index (κ3) is 5.95. The van der Waals surface area contributed by atoms with Crippen molar-refractivity contribution in [2.45, 2.75) is 59.6 Å². The summed E-state index contributed by atoms with van der Waals surface area (Å²) in [4.78, 5) is 39.9. The van der Waals surface area contributed by atoms with E-state index in [1.807, 2.05) is 37.3 Å². The average molecular weight is 415 g/mol. The highest BCUT2D eigenvalue weighted by Crippen LogP contribution is 2.20. The second kappa shape index (κ2) is 10.6. The maximum atomic E-state index is 12.5. The van der Waals surface area contributed by atoms with Crippen LogP contribution < -0.4 is 5.32 Å². The summed E-state index contributed by atoms with van der Waals surface area (Å²) in [5.41, 5.74) is 2.63. The molecule has 0 saturated carbocycles. The van der Waals surface area contributed by atoms with Crippen LogP contribution in [0.25, 0.3) is 0 Å². The van der Waals surface area contributed by atoms with E-state index in [4.69, 9.17) is 9.47 Å². The Morgan fingerprint density at radius 2 is 1.73 bits per heavy atom. The van der Waals surface area contributed by atoms with E-state index in [9.17, 15) is 14.4 Å². The van der Waals surface area contributed by atoms with Crippen LogP contribution in [0.1, 0.15) is 64.9 Å². The van der Waals surface area contributed by atoms with E-state index >= 15 is 0 Å². The molecule has 0 aliphatic rings. The lowest BCUT2D eigenvalue weighted by atomic mass is 10.1. The van der Waals surface area contributed by atoms with Gasteiger partial charge in [-0.25, -0.2) is 9.59 Å². The van der Waals surface area contributed by atoms with E-state index in [2.05, 4.69) is 10.3 Å². The summed E-state index contributed by atoms with van der Waals surface area (Å²) in [6.45, 7) is 8.71. The number of carbonyl (C=O) groups is 3. The monoisotopic (exact) mass is 414 g/mol. The Kier molecular flexibility index (Phi) is 8.21. The molecular formula is C23H30N2O5. The van der Waals surface area contributed by atoms with Crippen molar-refractivity contribution in [3.05, 3.63) is 58.4 Å². The molecule has 1 aromatic heterocycles. The molecule has 0 bridgehead atoms. The summed E-state index contributed by atoms with van der Waals surface area (Å²) in [6, 6.07) is 9.96. The van der Waals surface area contributed by atoms with E-state index in [1.54, 1.807) is 20.8 Å². The predicted molar refractivity (Wildman–Crippen MR) is 113 cm³/mol. The van der Waals surface area contributed by atoms with Crippen molar-refractivity contribution in [2.24, 2.45) is 0 Å². The number of benzene rings is 1. The number of rotatable bonds is 9. The number of aromatic nitrogens is 1. The van der Waals surface area contributed by atoms with E-state index < -0.39 is 18.0 Å². The summed E-state index contributed by atoms with van der Waals surface area (Å²) < 4.78 is 10.3. The fraction of sp³-hybridized carbons (Fsp3) is 0.435. The molecule has 1 heterocycles. The molecule has 1 aromatic carbocycles. The molecule has 7 heteroatoms. The normalized spacial score (nSPS) is 12.7. The van der Waals surface area contributed by atoms with Gasteiger partial charge in [0, 0.05) is 11.7 Å². The zero-order valence-corrected chi connectivity index (χ0v) is 18.2. The molecule has 30 heavy (non-hydrogen) atoms. The number of H-pyrrole nitrogens is 1. The van der Waals surface area contributed by atoms with Crippen molar-refractivity contribution >= 4 is 17.8 Å². The van der Waals surface area contributed by atoms with Gasteiger partial charge in [-0.15, -0.1) is 0 Å². The molecule has 0 unspecified atom stereocenters. The largest absolute Gasteiger partial charge is 0.462 e. The maximum Gasteiger partial charge on any atom is 0.355 e. The lowest BCUT2D eigenvalue weighted by Crippen LogP contribution is -2.41. The van der Waals surface area contributed by atoms with Crippen LogP contribution in [-0.2, 0) is 20.7 Å². The number of carbonyl (C=O) groups excluding carboxylic acids is 3. The Labute approximate surface area is 177 Å². The Morgan fingerprint density at radius 3 is 2.37 bits per heavy atom. The Bertz CT molecular complexity index is 888. The Morgan fingerprint density at radius 1 is 1.07 bits per heavy atom. The minimum absolute atomic E-state index is 0.0660. The van der Waals surface area contributed by atoms with Crippen LogP contribution in [0.3, 0.4) is 0 Å². The standard InChI is InChI=1S/C23H30N2O5/c1-6-29-22(27)19-15(3)20(25-16(19)4)23(28)30-17(5)21(26)24-14(2)12-13-18-10-8-7-9-11-18/h7-11,14,17,25H,6,12-13H2,1-5H3,(H,24,26)/t14-,17-/m1/s1. The molecule has 2 N–H and O–H groups in total. The topological polar surface area (TPSA) is 97.5 Å². The molecule has 0 aliphatic heterocycles. The molecule has 0 spiro atoms. The number of ether oxygens (including phenoxy) is 2. The van der Waals surface area contributed by atoms with Crippen LogP contribution in [0.4, 0.5) is 0 Å². The quantitative estimate of drug-likeness (QED) is 0.612. The number of hydrogen-bond donors (Lipinski definition) is 2. The van der Waals surface area contributed by atoms with Gasteiger partial charge in [0.1, 0.15) is 5.69 Å². The number of esters is 2.